The van der Waals surface area contributed by atoms with Crippen LogP contribution in [0.3, 0.4) is 0 Å². The lowest BCUT2D eigenvalue weighted by atomic mass is 10.2. The maximum absolute atomic E-state index is 11.9. The molecule has 0 unspecified atom stereocenters. The number of benzene rings is 1. The van der Waals surface area contributed by atoms with E-state index in [0.717, 1.165) is 21.9 Å². The molecule has 0 radical (unpaired) electrons. The Balaban J connectivity index is 2.15. The van der Waals surface area contributed by atoms with Gasteiger partial charge >= 0.3 is 0 Å². The summed E-state index contributed by atoms with van der Waals surface area (Å²) in [5.74, 6) is -2.42. The quantitative estimate of drug-likeness (QED) is 0.397. The van der Waals surface area contributed by atoms with Crippen LogP contribution in [0.2, 0.25) is 0 Å². The van der Waals surface area contributed by atoms with Gasteiger partial charge in [0.1, 0.15) is 0 Å². The predicted octanol–water partition coefficient (Wildman–Crippen LogP) is 2.33. The predicted molar refractivity (Wildman–Crippen MR) is 80.2 cm³/mol. The second-order valence-electron chi connectivity index (χ2n) is 4.41. The molecule has 0 saturated carbocycles. The smallest absolute Gasteiger partial charge is 0.271 e. The fraction of sp³-hybridized carbons (Fsp3) is 0.143. The van der Waals surface area contributed by atoms with Crippen molar-refractivity contribution in [2.45, 2.75) is 13.8 Å². The van der Waals surface area contributed by atoms with E-state index in [2.05, 4.69) is 10.5 Å². The molecule has 0 saturated heterocycles. The lowest BCUT2D eigenvalue weighted by molar-refractivity contribution is 0.0954. The van der Waals surface area contributed by atoms with Gasteiger partial charge in [0.25, 0.3) is 5.91 Å². The van der Waals surface area contributed by atoms with Crippen molar-refractivity contribution in [2.24, 2.45) is 5.10 Å². The Morgan fingerprint density at radius 3 is 2.33 bits per heavy atom. The minimum atomic E-state index is -0.666. The van der Waals surface area contributed by atoms with Crippen molar-refractivity contribution in [3.05, 3.63) is 39.6 Å². The second-order valence-corrected chi connectivity index (χ2v) is 5.70. The highest BCUT2D eigenvalue weighted by Crippen LogP contribution is 2.35. The fourth-order valence-electron chi connectivity index (χ4n) is 1.62. The summed E-state index contributed by atoms with van der Waals surface area (Å²) >= 11 is 1.56. The SMILES string of the molecule is C/C(=N\NC(=O)c1cc(O)c(O)c(O)c1)c1ccc(C)s1. The van der Waals surface area contributed by atoms with Crippen LogP contribution >= 0.6 is 11.3 Å². The number of hydrogen-bond acceptors (Lipinski definition) is 6. The maximum atomic E-state index is 11.9. The highest BCUT2D eigenvalue weighted by Gasteiger charge is 2.13. The molecule has 2 aromatic rings. The molecular formula is C14H14N2O4S. The first-order chi connectivity index (χ1) is 9.88. The molecule has 7 heteroatoms. The Bertz CT molecular complexity index is 699. The summed E-state index contributed by atoms with van der Waals surface area (Å²) in [5.41, 5.74) is 2.97. The number of nitrogens with one attached hydrogen (secondary N) is 1. The van der Waals surface area contributed by atoms with E-state index >= 15 is 0 Å². The molecule has 0 bridgehead atoms. The highest BCUT2D eigenvalue weighted by molar-refractivity contribution is 7.14. The van der Waals surface area contributed by atoms with Crippen molar-refractivity contribution in [1.82, 2.24) is 5.43 Å². The van der Waals surface area contributed by atoms with Crippen LogP contribution in [0, 0.1) is 6.92 Å². The molecule has 1 amide bonds. The van der Waals surface area contributed by atoms with Crippen molar-refractivity contribution in [3.8, 4) is 17.2 Å². The van der Waals surface area contributed by atoms with Crippen LogP contribution in [0.4, 0.5) is 0 Å². The molecule has 0 spiro atoms. The Kier molecular flexibility index (Phi) is 4.13. The van der Waals surface area contributed by atoms with Crippen LogP contribution in [0.15, 0.2) is 29.4 Å². The average Bonchev–Trinajstić information content (AvgIpc) is 2.87. The molecule has 0 atom stereocenters. The lowest BCUT2D eigenvalue weighted by Crippen LogP contribution is -2.19. The van der Waals surface area contributed by atoms with Crippen molar-refractivity contribution < 1.29 is 20.1 Å². The van der Waals surface area contributed by atoms with Crippen LogP contribution in [-0.4, -0.2) is 26.9 Å². The van der Waals surface area contributed by atoms with Gasteiger partial charge in [0.2, 0.25) is 0 Å². The molecule has 1 aromatic carbocycles. The number of phenolic OH excluding ortho intramolecular Hbond substituents is 3. The first kappa shape index (κ1) is 14.9. The van der Waals surface area contributed by atoms with Gasteiger partial charge in [0.05, 0.1) is 10.6 Å². The van der Waals surface area contributed by atoms with E-state index in [-0.39, 0.29) is 5.56 Å². The molecule has 110 valence electrons. The Labute approximate surface area is 125 Å². The van der Waals surface area contributed by atoms with Gasteiger partial charge in [0.15, 0.2) is 17.2 Å². The zero-order valence-corrected chi connectivity index (χ0v) is 12.2. The topological polar surface area (TPSA) is 102 Å². The number of rotatable bonds is 3. The number of aryl methyl sites for hydroxylation is 1. The molecule has 4 N–H and O–H groups in total. The molecule has 6 nitrogen and oxygen atoms in total. The molecule has 2 rings (SSSR count). The fourth-order valence-corrected chi connectivity index (χ4v) is 2.43. The van der Waals surface area contributed by atoms with Crippen LogP contribution < -0.4 is 5.43 Å². The number of carbonyl (C=O) groups is 1. The monoisotopic (exact) mass is 306 g/mol. The van der Waals surface area contributed by atoms with Crippen molar-refractivity contribution in [2.75, 3.05) is 0 Å². The Morgan fingerprint density at radius 1 is 1.19 bits per heavy atom. The van der Waals surface area contributed by atoms with Gasteiger partial charge in [-0.25, -0.2) is 5.43 Å². The summed E-state index contributed by atoms with van der Waals surface area (Å²) in [6.45, 7) is 3.74. The van der Waals surface area contributed by atoms with E-state index in [9.17, 15) is 20.1 Å². The number of amides is 1. The second kappa shape index (κ2) is 5.84. The number of aromatic hydroxyl groups is 3. The summed E-state index contributed by atoms with van der Waals surface area (Å²) in [7, 11) is 0. The minimum absolute atomic E-state index is 0.0123. The summed E-state index contributed by atoms with van der Waals surface area (Å²) < 4.78 is 0. The van der Waals surface area contributed by atoms with Gasteiger partial charge < -0.3 is 15.3 Å². The minimum Gasteiger partial charge on any atom is -0.504 e. The van der Waals surface area contributed by atoms with E-state index in [1.165, 1.54) is 0 Å². The maximum Gasteiger partial charge on any atom is 0.271 e. The first-order valence-electron chi connectivity index (χ1n) is 6.05. The van der Waals surface area contributed by atoms with Gasteiger partial charge in [-0.15, -0.1) is 11.3 Å². The third-order valence-electron chi connectivity index (χ3n) is 2.75. The third kappa shape index (κ3) is 3.32. The van der Waals surface area contributed by atoms with E-state index in [0.29, 0.717) is 5.71 Å². The van der Waals surface area contributed by atoms with Gasteiger partial charge in [-0.2, -0.15) is 5.10 Å². The molecule has 21 heavy (non-hydrogen) atoms. The molecule has 0 fully saturated rings. The van der Waals surface area contributed by atoms with E-state index in [1.807, 2.05) is 19.1 Å². The van der Waals surface area contributed by atoms with Crippen molar-refractivity contribution in [3.63, 3.8) is 0 Å². The number of nitrogens with zero attached hydrogens (tertiary/aromatic N) is 1. The highest BCUT2D eigenvalue weighted by atomic mass is 32.1. The number of thiophene rings is 1. The molecular weight excluding hydrogens is 292 g/mol. The Morgan fingerprint density at radius 2 is 1.81 bits per heavy atom. The Hall–Kier alpha value is -2.54. The first-order valence-corrected chi connectivity index (χ1v) is 6.86. The van der Waals surface area contributed by atoms with Gasteiger partial charge in [-0.1, -0.05) is 0 Å². The van der Waals surface area contributed by atoms with Crippen LogP contribution in [-0.2, 0) is 0 Å². The zero-order chi connectivity index (χ0) is 15.6. The molecule has 1 heterocycles. The third-order valence-corrected chi connectivity index (χ3v) is 3.86. The molecule has 0 aliphatic heterocycles. The summed E-state index contributed by atoms with van der Waals surface area (Å²) in [6, 6.07) is 5.95. The molecule has 0 aliphatic carbocycles. The standard InChI is InChI=1S/C14H14N2O4S/c1-7-3-4-12(21-7)8(2)15-16-14(20)9-5-10(17)13(19)11(18)6-9/h3-6,17-19H,1-2H3,(H,16,20)/b15-8+. The van der Waals surface area contributed by atoms with Crippen LogP contribution in [0.1, 0.15) is 27.0 Å². The average molecular weight is 306 g/mol. The summed E-state index contributed by atoms with van der Waals surface area (Å²) in [4.78, 5) is 14.0. The van der Waals surface area contributed by atoms with Crippen molar-refractivity contribution in [1.29, 1.82) is 0 Å². The van der Waals surface area contributed by atoms with E-state index < -0.39 is 23.2 Å². The van der Waals surface area contributed by atoms with Gasteiger partial charge in [-0.05, 0) is 38.1 Å². The van der Waals surface area contributed by atoms with Gasteiger partial charge in [0, 0.05) is 10.4 Å². The van der Waals surface area contributed by atoms with E-state index in [4.69, 9.17) is 0 Å². The van der Waals surface area contributed by atoms with Crippen LogP contribution in [0.5, 0.6) is 17.2 Å². The normalized spacial score (nSPS) is 11.4. The number of phenols is 3. The number of hydrazone groups is 1. The van der Waals surface area contributed by atoms with Gasteiger partial charge in [-0.3, -0.25) is 4.79 Å². The lowest BCUT2D eigenvalue weighted by Gasteiger charge is -2.05. The molecule has 0 aliphatic rings. The van der Waals surface area contributed by atoms with E-state index in [1.54, 1.807) is 18.3 Å². The zero-order valence-electron chi connectivity index (χ0n) is 11.4. The summed E-state index contributed by atoms with van der Waals surface area (Å²) in [5, 5.41) is 31.9. The van der Waals surface area contributed by atoms with Crippen molar-refractivity contribution >= 4 is 23.0 Å². The summed E-state index contributed by atoms with van der Waals surface area (Å²) in [6.07, 6.45) is 0. The number of carbonyl (C=O) groups excluding carboxylic acids is 1. The number of hydrogen-bond donors (Lipinski definition) is 4. The van der Waals surface area contributed by atoms with Crippen LogP contribution in [0.25, 0.3) is 0 Å². The largest absolute Gasteiger partial charge is 0.504 e. The molecule has 1 aromatic heterocycles.